The molecular weight excluding hydrogens is 322 g/mol. The van der Waals surface area contributed by atoms with Crippen molar-refractivity contribution in [3.05, 3.63) is 59.0 Å². The minimum Gasteiger partial charge on any atom is -0.323 e. The lowest BCUT2D eigenvalue weighted by atomic mass is 10.1. The van der Waals surface area contributed by atoms with E-state index in [-0.39, 0.29) is 9.92 Å². The molecule has 0 amide bonds. The number of rotatable bonds is 2. The molecule has 22 heavy (non-hydrogen) atoms. The summed E-state index contributed by atoms with van der Waals surface area (Å²) in [6.45, 7) is 1.74. The highest BCUT2D eigenvalue weighted by Gasteiger charge is 2.36. The van der Waals surface area contributed by atoms with Gasteiger partial charge < -0.3 is 5.73 Å². The first kappa shape index (κ1) is 15.0. The summed E-state index contributed by atoms with van der Waals surface area (Å²) in [4.78, 5) is 4.08. The average Bonchev–Trinajstić information content (AvgIpc) is 2.46. The summed E-state index contributed by atoms with van der Waals surface area (Å²) in [6, 6.07) is 7.86. The van der Waals surface area contributed by atoms with Crippen molar-refractivity contribution < 1.29 is 8.42 Å². The lowest BCUT2D eigenvalue weighted by Gasteiger charge is -2.33. The predicted octanol–water partition coefficient (Wildman–Crippen LogP) is 2.63. The number of pyridine rings is 1. The Morgan fingerprint density at radius 3 is 2.68 bits per heavy atom. The Labute approximate surface area is 134 Å². The van der Waals surface area contributed by atoms with E-state index in [0.717, 1.165) is 0 Å². The molecule has 2 heterocycles. The molecule has 0 bridgehead atoms. The number of sulfonamides is 1. The monoisotopic (exact) mass is 335 g/mol. The van der Waals surface area contributed by atoms with Crippen LogP contribution in [0.2, 0.25) is 5.02 Å². The minimum atomic E-state index is -3.85. The minimum absolute atomic E-state index is 0.0879. The van der Waals surface area contributed by atoms with Crippen molar-refractivity contribution in [3.8, 4) is 0 Å². The molecule has 0 saturated heterocycles. The maximum absolute atomic E-state index is 13.1. The molecule has 1 aliphatic heterocycles. The topological polar surface area (TPSA) is 76.3 Å². The van der Waals surface area contributed by atoms with Crippen LogP contribution < -0.4 is 10.0 Å². The van der Waals surface area contributed by atoms with Gasteiger partial charge >= 0.3 is 0 Å². The highest BCUT2D eigenvalue weighted by molar-refractivity contribution is 7.93. The van der Waals surface area contributed by atoms with Crippen LogP contribution in [0, 0.1) is 0 Å². The normalized spacial score (nSPS) is 17.6. The molecular formula is C15H14ClN3O2S. The van der Waals surface area contributed by atoms with Gasteiger partial charge in [-0.1, -0.05) is 23.7 Å². The van der Waals surface area contributed by atoms with Crippen LogP contribution >= 0.6 is 11.6 Å². The van der Waals surface area contributed by atoms with Crippen LogP contribution in [0.3, 0.4) is 0 Å². The summed E-state index contributed by atoms with van der Waals surface area (Å²) >= 11 is 6.12. The number of aromatic nitrogens is 1. The predicted molar refractivity (Wildman–Crippen MR) is 87.0 cm³/mol. The molecule has 1 aliphatic rings. The third-order valence-corrected chi connectivity index (χ3v) is 5.68. The van der Waals surface area contributed by atoms with E-state index in [4.69, 9.17) is 17.3 Å². The van der Waals surface area contributed by atoms with E-state index >= 15 is 0 Å². The molecule has 2 N–H and O–H groups in total. The largest absolute Gasteiger partial charge is 0.323 e. The van der Waals surface area contributed by atoms with E-state index in [1.807, 2.05) is 0 Å². The van der Waals surface area contributed by atoms with Crippen LogP contribution in [-0.4, -0.2) is 19.4 Å². The van der Waals surface area contributed by atoms with Gasteiger partial charge in [0.25, 0.3) is 10.0 Å². The van der Waals surface area contributed by atoms with Gasteiger partial charge in [-0.05, 0) is 36.8 Å². The fourth-order valence-corrected chi connectivity index (χ4v) is 4.72. The summed E-state index contributed by atoms with van der Waals surface area (Å²) in [5.74, 6) is 0. The van der Waals surface area contributed by atoms with Crippen LogP contribution in [0.5, 0.6) is 0 Å². The second-order valence-electron chi connectivity index (χ2n) is 5.00. The average molecular weight is 336 g/mol. The summed E-state index contributed by atoms with van der Waals surface area (Å²) in [6.07, 6.45) is 4.81. The molecule has 0 fully saturated rings. The molecule has 114 valence electrons. The molecule has 5 nitrogen and oxygen atoms in total. The third-order valence-electron chi connectivity index (χ3n) is 3.38. The molecule has 1 atom stereocenters. The van der Waals surface area contributed by atoms with Gasteiger partial charge in [0.2, 0.25) is 0 Å². The van der Waals surface area contributed by atoms with Gasteiger partial charge in [-0.25, -0.2) is 12.7 Å². The molecule has 2 aromatic rings. The van der Waals surface area contributed by atoms with Gasteiger partial charge in [0.1, 0.15) is 4.90 Å². The fourth-order valence-electron chi connectivity index (χ4n) is 2.44. The quantitative estimate of drug-likeness (QED) is 0.915. The summed E-state index contributed by atoms with van der Waals surface area (Å²) in [7, 11) is -3.85. The number of anilines is 1. The van der Waals surface area contributed by atoms with Crippen LogP contribution in [0.25, 0.3) is 6.08 Å². The summed E-state index contributed by atoms with van der Waals surface area (Å²) in [5, 5.41) is 0.186. The standard InChI is InChI=1S/C15H14ClN3O2S/c1-10(17)14-8-11-4-2-6-13(16)15(11)22(20,21)19(14)12-5-3-7-18-9-12/h2-10H,17H2,1H3. The molecule has 1 aromatic carbocycles. The van der Waals surface area contributed by atoms with E-state index in [2.05, 4.69) is 4.98 Å². The van der Waals surface area contributed by atoms with Gasteiger partial charge in [-0.2, -0.15) is 0 Å². The molecule has 3 rings (SSSR count). The summed E-state index contributed by atoms with van der Waals surface area (Å²) in [5.41, 5.74) is 7.43. The zero-order valence-corrected chi connectivity index (χ0v) is 13.3. The van der Waals surface area contributed by atoms with Gasteiger partial charge in [0, 0.05) is 12.2 Å². The van der Waals surface area contributed by atoms with Crippen molar-refractivity contribution in [1.29, 1.82) is 0 Å². The van der Waals surface area contributed by atoms with Crippen molar-refractivity contribution in [2.45, 2.75) is 17.9 Å². The van der Waals surface area contributed by atoms with Gasteiger partial charge in [0.15, 0.2) is 0 Å². The van der Waals surface area contributed by atoms with E-state index in [1.54, 1.807) is 49.5 Å². The van der Waals surface area contributed by atoms with Crippen molar-refractivity contribution in [2.24, 2.45) is 5.73 Å². The Balaban J connectivity index is 2.33. The first-order chi connectivity index (χ1) is 10.4. The van der Waals surface area contributed by atoms with E-state index < -0.39 is 16.1 Å². The van der Waals surface area contributed by atoms with Crippen molar-refractivity contribution in [1.82, 2.24) is 4.98 Å². The number of hydrogen-bond donors (Lipinski definition) is 1. The van der Waals surface area contributed by atoms with Gasteiger partial charge in [0.05, 0.1) is 22.6 Å². The van der Waals surface area contributed by atoms with Crippen LogP contribution in [0.1, 0.15) is 12.5 Å². The lowest BCUT2D eigenvalue weighted by molar-refractivity contribution is 0.591. The Hall–Kier alpha value is -1.89. The summed E-state index contributed by atoms with van der Waals surface area (Å²) < 4.78 is 27.3. The number of benzene rings is 1. The Kier molecular flexibility index (Phi) is 3.68. The molecule has 0 saturated carbocycles. The lowest BCUT2D eigenvalue weighted by Crippen LogP contribution is -2.40. The smallest absolute Gasteiger partial charge is 0.270 e. The molecule has 0 spiro atoms. The van der Waals surface area contributed by atoms with Gasteiger partial charge in [-0.15, -0.1) is 0 Å². The SMILES string of the molecule is CC(N)C1=Cc2cccc(Cl)c2S(=O)(=O)N1c1cccnc1. The number of nitrogens with two attached hydrogens (primary N) is 1. The first-order valence-electron chi connectivity index (χ1n) is 6.64. The van der Waals surface area contributed by atoms with Crippen LogP contribution in [0.4, 0.5) is 5.69 Å². The van der Waals surface area contributed by atoms with E-state index in [0.29, 0.717) is 16.9 Å². The Morgan fingerprint density at radius 2 is 2.05 bits per heavy atom. The molecule has 1 unspecified atom stereocenters. The highest BCUT2D eigenvalue weighted by atomic mass is 35.5. The van der Waals surface area contributed by atoms with Crippen LogP contribution in [-0.2, 0) is 10.0 Å². The maximum Gasteiger partial charge on any atom is 0.270 e. The Bertz CT molecular complexity index is 848. The van der Waals surface area contributed by atoms with Gasteiger partial charge in [-0.3, -0.25) is 4.98 Å². The number of nitrogens with zero attached hydrogens (tertiary/aromatic N) is 2. The second-order valence-corrected chi connectivity index (χ2v) is 7.13. The van der Waals surface area contributed by atoms with Crippen molar-refractivity contribution in [3.63, 3.8) is 0 Å². The maximum atomic E-state index is 13.1. The van der Waals surface area contributed by atoms with Crippen molar-refractivity contribution >= 4 is 33.4 Å². The fraction of sp³-hybridized carbons (Fsp3) is 0.133. The van der Waals surface area contributed by atoms with Crippen LogP contribution in [0.15, 0.2) is 53.3 Å². The second kappa shape index (κ2) is 5.39. The molecule has 1 aromatic heterocycles. The zero-order valence-electron chi connectivity index (χ0n) is 11.8. The number of halogens is 1. The first-order valence-corrected chi connectivity index (χ1v) is 8.46. The number of hydrogen-bond acceptors (Lipinski definition) is 4. The molecule has 7 heteroatoms. The van der Waals surface area contributed by atoms with E-state index in [9.17, 15) is 8.42 Å². The highest BCUT2D eigenvalue weighted by Crippen LogP contribution is 2.39. The third kappa shape index (κ3) is 2.29. The molecule has 0 radical (unpaired) electrons. The molecule has 0 aliphatic carbocycles. The number of fused-ring (bicyclic) bond motifs is 1. The van der Waals surface area contributed by atoms with E-state index in [1.165, 1.54) is 10.5 Å². The van der Waals surface area contributed by atoms with Crippen molar-refractivity contribution in [2.75, 3.05) is 4.31 Å². The zero-order chi connectivity index (χ0) is 15.9. The Morgan fingerprint density at radius 1 is 1.27 bits per heavy atom.